The first-order valence-electron chi connectivity index (χ1n) is 6.09. The monoisotopic (exact) mass is 280 g/mol. The molecule has 102 valence electrons. The van der Waals surface area contributed by atoms with Crippen LogP contribution < -0.4 is 15.8 Å². The lowest BCUT2D eigenvalue weighted by molar-refractivity contribution is 0.380. The molecule has 3 N–H and O–H groups in total. The molecule has 0 aliphatic carbocycles. The smallest absolute Gasteiger partial charge is 0.132 e. The van der Waals surface area contributed by atoms with Gasteiger partial charge in [0.15, 0.2) is 0 Å². The van der Waals surface area contributed by atoms with Crippen molar-refractivity contribution in [3.05, 3.63) is 29.2 Å². The Balaban J connectivity index is 2.12. The highest BCUT2D eigenvalue weighted by Gasteiger charge is 2.15. The summed E-state index contributed by atoms with van der Waals surface area (Å²) in [6.07, 6.45) is 6.04. The number of hydrogen-bond acceptors (Lipinski definition) is 5. The average molecular weight is 281 g/mol. The summed E-state index contributed by atoms with van der Waals surface area (Å²) < 4.78 is 5.27. The van der Waals surface area contributed by atoms with Gasteiger partial charge in [0.1, 0.15) is 10.9 Å². The Morgan fingerprint density at radius 2 is 2.53 bits per heavy atom. The van der Waals surface area contributed by atoms with E-state index in [-0.39, 0.29) is 0 Å². The van der Waals surface area contributed by atoms with Gasteiger partial charge in [-0.25, -0.2) is 4.98 Å². The number of nitrogens with one attached hydrogen (secondary N) is 1. The molecule has 0 spiro atoms. The van der Waals surface area contributed by atoms with Gasteiger partial charge in [-0.3, -0.25) is 4.99 Å². The highest BCUT2D eigenvalue weighted by atomic mass is 35.5. The Hall–Kier alpha value is -1.59. The standard InChI is InChI=1S/C13H17ClN4O/c1-19-12-4-13(14)18-8-11(12)9(5-15)6-16-7-10-2-3-17-10/h4-6,8,10,17H,2-3,7,15H2,1H3/b9-5+,16-6?. The zero-order valence-electron chi connectivity index (χ0n) is 10.8. The fraction of sp³-hybridized carbons (Fsp3) is 0.385. The molecule has 1 aromatic heterocycles. The van der Waals surface area contributed by atoms with Crippen LogP contribution in [0.5, 0.6) is 5.75 Å². The van der Waals surface area contributed by atoms with E-state index in [1.807, 2.05) is 0 Å². The van der Waals surface area contributed by atoms with Crippen LogP contribution in [0.4, 0.5) is 0 Å². The summed E-state index contributed by atoms with van der Waals surface area (Å²) in [5.74, 6) is 0.630. The van der Waals surface area contributed by atoms with Gasteiger partial charge in [0.05, 0.1) is 13.7 Å². The third-order valence-corrected chi connectivity index (χ3v) is 3.23. The first kappa shape index (κ1) is 13.8. The second-order valence-electron chi connectivity index (χ2n) is 4.26. The van der Waals surface area contributed by atoms with E-state index >= 15 is 0 Å². The number of hydrogen-bond donors (Lipinski definition) is 2. The van der Waals surface area contributed by atoms with Gasteiger partial charge in [-0.05, 0) is 13.0 Å². The Labute approximate surface area is 117 Å². The molecular weight excluding hydrogens is 264 g/mol. The number of nitrogens with two attached hydrogens (primary N) is 1. The maximum absolute atomic E-state index is 5.83. The maximum Gasteiger partial charge on any atom is 0.132 e. The Kier molecular flexibility index (Phi) is 4.76. The summed E-state index contributed by atoms with van der Waals surface area (Å²) in [5, 5.41) is 3.67. The van der Waals surface area contributed by atoms with E-state index in [1.54, 1.807) is 25.6 Å². The fourth-order valence-electron chi connectivity index (χ4n) is 1.78. The summed E-state index contributed by atoms with van der Waals surface area (Å²) in [6.45, 7) is 1.83. The Morgan fingerprint density at radius 3 is 3.11 bits per heavy atom. The van der Waals surface area contributed by atoms with Crippen molar-refractivity contribution in [1.82, 2.24) is 10.3 Å². The van der Waals surface area contributed by atoms with E-state index in [4.69, 9.17) is 22.1 Å². The lowest BCUT2D eigenvalue weighted by atomic mass is 10.1. The molecule has 5 nitrogen and oxygen atoms in total. The Morgan fingerprint density at radius 1 is 1.74 bits per heavy atom. The van der Waals surface area contributed by atoms with Crippen molar-refractivity contribution in [3.8, 4) is 5.75 Å². The number of ether oxygens (including phenoxy) is 1. The summed E-state index contributed by atoms with van der Waals surface area (Å²) in [4.78, 5) is 8.43. The van der Waals surface area contributed by atoms with Crippen molar-refractivity contribution in [2.75, 3.05) is 20.2 Å². The van der Waals surface area contributed by atoms with Crippen LogP contribution in [0.1, 0.15) is 12.0 Å². The van der Waals surface area contributed by atoms with E-state index in [9.17, 15) is 0 Å². The van der Waals surface area contributed by atoms with Crippen LogP contribution in [0, 0.1) is 0 Å². The normalized spacial score (nSPS) is 19.5. The molecule has 0 radical (unpaired) electrons. The van der Waals surface area contributed by atoms with Crippen molar-refractivity contribution < 1.29 is 4.74 Å². The molecule has 1 unspecified atom stereocenters. The minimum atomic E-state index is 0.382. The molecule has 1 aliphatic heterocycles. The third-order valence-electron chi connectivity index (χ3n) is 3.03. The molecule has 1 saturated heterocycles. The summed E-state index contributed by atoms with van der Waals surface area (Å²) in [5.41, 5.74) is 7.19. The van der Waals surface area contributed by atoms with Crippen molar-refractivity contribution >= 4 is 23.4 Å². The number of halogens is 1. The van der Waals surface area contributed by atoms with E-state index in [2.05, 4.69) is 15.3 Å². The van der Waals surface area contributed by atoms with Crippen molar-refractivity contribution in [3.63, 3.8) is 0 Å². The lowest BCUT2D eigenvalue weighted by Gasteiger charge is -2.25. The second-order valence-corrected chi connectivity index (χ2v) is 4.65. The van der Waals surface area contributed by atoms with Crippen LogP contribution in [-0.4, -0.2) is 37.4 Å². The lowest BCUT2D eigenvalue weighted by Crippen LogP contribution is -2.44. The third kappa shape index (κ3) is 3.45. The molecule has 0 bridgehead atoms. The van der Waals surface area contributed by atoms with Crippen LogP contribution in [0.15, 0.2) is 23.5 Å². The molecular formula is C13H17ClN4O. The molecule has 1 atom stereocenters. The van der Waals surface area contributed by atoms with Gasteiger partial charge in [0.25, 0.3) is 0 Å². The second kappa shape index (κ2) is 6.54. The molecule has 0 saturated carbocycles. The number of allylic oxidation sites excluding steroid dienone is 1. The quantitative estimate of drug-likeness (QED) is 0.633. The predicted molar refractivity (Wildman–Crippen MR) is 77.7 cm³/mol. The Bertz CT molecular complexity index is 497. The average Bonchev–Trinajstić information content (AvgIpc) is 2.37. The van der Waals surface area contributed by atoms with Crippen LogP contribution in [0.25, 0.3) is 5.57 Å². The van der Waals surface area contributed by atoms with Crippen LogP contribution in [-0.2, 0) is 0 Å². The van der Waals surface area contributed by atoms with Gasteiger partial charge >= 0.3 is 0 Å². The molecule has 0 amide bonds. The van der Waals surface area contributed by atoms with Crippen LogP contribution in [0.3, 0.4) is 0 Å². The molecule has 1 fully saturated rings. The number of nitrogens with zero attached hydrogens (tertiary/aromatic N) is 2. The topological polar surface area (TPSA) is 72.5 Å². The highest BCUT2D eigenvalue weighted by molar-refractivity contribution is 6.29. The first-order chi connectivity index (χ1) is 9.24. The molecule has 6 heteroatoms. The predicted octanol–water partition coefficient (Wildman–Crippen LogP) is 1.48. The number of pyridine rings is 1. The highest BCUT2D eigenvalue weighted by Crippen LogP contribution is 2.26. The van der Waals surface area contributed by atoms with E-state index in [1.165, 1.54) is 12.6 Å². The zero-order chi connectivity index (χ0) is 13.7. The summed E-state index contributed by atoms with van der Waals surface area (Å²) >= 11 is 5.83. The summed E-state index contributed by atoms with van der Waals surface area (Å²) in [6, 6.07) is 2.14. The summed E-state index contributed by atoms with van der Waals surface area (Å²) in [7, 11) is 1.58. The van der Waals surface area contributed by atoms with Crippen molar-refractivity contribution in [1.29, 1.82) is 0 Å². The molecule has 19 heavy (non-hydrogen) atoms. The molecule has 1 aliphatic rings. The van der Waals surface area contributed by atoms with Crippen LogP contribution >= 0.6 is 11.6 Å². The first-order valence-corrected chi connectivity index (χ1v) is 6.47. The van der Waals surface area contributed by atoms with E-state index in [0.29, 0.717) is 16.9 Å². The number of aromatic nitrogens is 1. The number of rotatable bonds is 5. The van der Waals surface area contributed by atoms with Crippen molar-refractivity contribution in [2.24, 2.45) is 10.7 Å². The van der Waals surface area contributed by atoms with Gasteiger partial charge in [-0.2, -0.15) is 0 Å². The van der Waals surface area contributed by atoms with Gasteiger partial charge in [-0.15, -0.1) is 0 Å². The van der Waals surface area contributed by atoms with Gasteiger partial charge < -0.3 is 15.8 Å². The van der Waals surface area contributed by atoms with E-state index < -0.39 is 0 Å². The van der Waals surface area contributed by atoms with Gasteiger partial charge in [0.2, 0.25) is 0 Å². The van der Waals surface area contributed by atoms with Crippen LogP contribution in [0.2, 0.25) is 5.15 Å². The molecule has 1 aromatic rings. The number of methoxy groups -OCH3 is 1. The van der Waals surface area contributed by atoms with Crippen molar-refractivity contribution in [2.45, 2.75) is 12.5 Å². The molecule has 2 heterocycles. The van der Waals surface area contributed by atoms with Gasteiger partial charge in [-0.1, -0.05) is 11.6 Å². The van der Waals surface area contributed by atoms with E-state index in [0.717, 1.165) is 24.2 Å². The minimum Gasteiger partial charge on any atom is -0.496 e. The SMILES string of the molecule is COc1cc(Cl)ncc1/C(C=NCC1CCN1)=C/N. The fourth-order valence-corrected chi connectivity index (χ4v) is 1.93. The largest absolute Gasteiger partial charge is 0.496 e. The minimum absolute atomic E-state index is 0.382. The zero-order valence-corrected chi connectivity index (χ0v) is 11.5. The van der Waals surface area contributed by atoms with Gasteiger partial charge in [0, 0.05) is 41.9 Å². The molecule has 0 aromatic carbocycles. The maximum atomic E-state index is 5.83. The number of aliphatic imine (C=N–C) groups is 1. The molecule has 2 rings (SSSR count).